The highest BCUT2D eigenvalue weighted by Crippen LogP contribution is 2.23. The normalized spacial score (nSPS) is 11.7. The number of benzene rings is 1. The van der Waals surface area contributed by atoms with Crippen LogP contribution in [0.4, 0.5) is 11.6 Å². The van der Waals surface area contributed by atoms with Crippen molar-refractivity contribution < 1.29 is 4.92 Å². The quantitative estimate of drug-likeness (QED) is 0.638. The van der Waals surface area contributed by atoms with Crippen LogP contribution in [0.1, 0.15) is 33.6 Å². The number of nitro groups is 1. The topological polar surface area (TPSA) is 83.8 Å². The molecule has 1 aromatic heterocycles. The number of H-pyrrole nitrogens is 1. The molecule has 19 heavy (non-hydrogen) atoms. The van der Waals surface area contributed by atoms with E-state index in [0.717, 1.165) is 18.4 Å². The third-order valence-electron chi connectivity index (χ3n) is 3.01. The zero-order chi connectivity index (χ0) is 14.0. The fourth-order valence-electron chi connectivity index (χ4n) is 2.18. The van der Waals surface area contributed by atoms with Crippen molar-refractivity contribution in [3.8, 4) is 0 Å². The minimum Gasteiger partial charge on any atom is -0.351 e. The Labute approximate surface area is 111 Å². The van der Waals surface area contributed by atoms with E-state index >= 15 is 0 Å². The predicted molar refractivity (Wildman–Crippen MR) is 75.4 cm³/mol. The number of nitrogens with one attached hydrogen (secondary N) is 2. The molecule has 102 valence electrons. The molecule has 0 radical (unpaired) electrons. The number of non-ortho nitro benzene ring substituents is 1. The summed E-state index contributed by atoms with van der Waals surface area (Å²) < 4.78 is 0. The van der Waals surface area contributed by atoms with Crippen molar-refractivity contribution in [2.24, 2.45) is 0 Å². The molecule has 0 unspecified atom stereocenters. The Morgan fingerprint density at radius 2 is 2.21 bits per heavy atom. The van der Waals surface area contributed by atoms with Gasteiger partial charge in [0.2, 0.25) is 5.95 Å². The first-order chi connectivity index (χ1) is 8.91. The van der Waals surface area contributed by atoms with Crippen molar-refractivity contribution in [2.75, 3.05) is 5.32 Å². The fourth-order valence-corrected chi connectivity index (χ4v) is 2.18. The molecule has 0 fully saturated rings. The molecular formula is C13H18N4O2. The van der Waals surface area contributed by atoms with Crippen molar-refractivity contribution in [3.05, 3.63) is 28.3 Å². The van der Waals surface area contributed by atoms with Gasteiger partial charge in [-0.3, -0.25) is 10.1 Å². The molecule has 2 aromatic rings. The van der Waals surface area contributed by atoms with Gasteiger partial charge in [0.15, 0.2) is 0 Å². The lowest BCUT2D eigenvalue weighted by molar-refractivity contribution is -0.384. The maximum Gasteiger partial charge on any atom is 0.271 e. The second kappa shape index (κ2) is 4.87. The Bertz CT molecular complexity index is 604. The highest BCUT2D eigenvalue weighted by molar-refractivity contribution is 5.80. The summed E-state index contributed by atoms with van der Waals surface area (Å²) in [4.78, 5) is 17.8. The van der Waals surface area contributed by atoms with Crippen molar-refractivity contribution >= 4 is 22.7 Å². The Morgan fingerprint density at radius 1 is 1.47 bits per heavy atom. The number of nitrogens with zero attached hydrogens (tertiary/aromatic N) is 2. The van der Waals surface area contributed by atoms with Gasteiger partial charge in [0.25, 0.3) is 5.69 Å². The van der Waals surface area contributed by atoms with Crippen LogP contribution in [0.25, 0.3) is 11.0 Å². The Morgan fingerprint density at radius 3 is 2.84 bits per heavy atom. The number of hydrogen-bond acceptors (Lipinski definition) is 4. The maximum absolute atomic E-state index is 10.7. The van der Waals surface area contributed by atoms with Crippen molar-refractivity contribution in [3.63, 3.8) is 0 Å². The third kappa shape index (κ3) is 3.01. The van der Waals surface area contributed by atoms with Crippen molar-refractivity contribution in [2.45, 2.75) is 39.2 Å². The molecule has 0 aliphatic rings. The molecule has 0 atom stereocenters. The first-order valence-corrected chi connectivity index (χ1v) is 6.33. The summed E-state index contributed by atoms with van der Waals surface area (Å²) in [7, 11) is 0. The smallest absolute Gasteiger partial charge is 0.271 e. The minimum absolute atomic E-state index is 0.0610. The summed E-state index contributed by atoms with van der Waals surface area (Å²) >= 11 is 0. The first kappa shape index (κ1) is 13.3. The number of imidazole rings is 1. The van der Waals surface area contributed by atoms with Crippen LogP contribution >= 0.6 is 0 Å². The van der Waals surface area contributed by atoms with E-state index in [4.69, 9.17) is 0 Å². The standard InChI is InChI=1S/C13H18N4O2/c1-4-7-13(2,3)16-12-14-10-6-5-9(17(18)19)8-11(10)15-12/h5-6,8H,4,7H2,1-3H3,(H2,14,15,16). The molecule has 0 bridgehead atoms. The van der Waals surface area contributed by atoms with Crippen LogP contribution in [0.15, 0.2) is 18.2 Å². The van der Waals surface area contributed by atoms with Gasteiger partial charge >= 0.3 is 0 Å². The average Bonchev–Trinajstić information content (AvgIpc) is 2.68. The first-order valence-electron chi connectivity index (χ1n) is 6.33. The molecule has 0 saturated heterocycles. The number of rotatable bonds is 5. The van der Waals surface area contributed by atoms with E-state index in [9.17, 15) is 10.1 Å². The number of anilines is 1. The second-order valence-electron chi connectivity index (χ2n) is 5.30. The molecular weight excluding hydrogens is 244 g/mol. The van der Waals surface area contributed by atoms with Gasteiger partial charge < -0.3 is 10.3 Å². The lowest BCUT2D eigenvalue weighted by atomic mass is 9.99. The van der Waals surface area contributed by atoms with Crippen LogP contribution < -0.4 is 5.32 Å². The van der Waals surface area contributed by atoms with Gasteiger partial charge in [-0.15, -0.1) is 0 Å². The molecule has 0 saturated carbocycles. The van der Waals surface area contributed by atoms with Gasteiger partial charge in [0.05, 0.1) is 16.0 Å². The van der Waals surface area contributed by atoms with E-state index in [-0.39, 0.29) is 11.2 Å². The Balaban J connectivity index is 2.29. The van der Waals surface area contributed by atoms with E-state index < -0.39 is 4.92 Å². The molecule has 0 spiro atoms. The predicted octanol–water partition coefficient (Wildman–Crippen LogP) is 3.46. The van der Waals surface area contributed by atoms with Gasteiger partial charge in [-0.05, 0) is 26.3 Å². The van der Waals surface area contributed by atoms with Gasteiger partial charge in [-0.25, -0.2) is 4.98 Å². The molecule has 1 heterocycles. The maximum atomic E-state index is 10.7. The van der Waals surface area contributed by atoms with Crippen LogP contribution in [-0.2, 0) is 0 Å². The minimum atomic E-state index is -0.408. The summed E-state index contributed by atoms with van der Waals surface area (Å²) in [6.45, 7) is 6.34. The Hall–Kier alpha value is -2.11. The highest BCUT2D eigenvalue weighted by Gasteiger charge is 2.18. The molecule has 6 heteroatoms. The molecule has 2 N–H and O–H groups in total. The summed E-state index contributed by atoms with van der Waals surface area (Å²) in [6, 6.07) is 4.62. The molecule has 0 amide bonds. The van der Waals surface area contributed by atoms with E-state index in [1.165, 1.54) is 12.1 Å². The average molecular weight is 262 g/mol. The van der Waals surface area contributed by atoms with Crippen LogP contribution in [-0.4, -0.2) is 20.4 Å². The zero-order valence-electron chi connectivity index (χ0n) is 11.4. The third-order valence-corrected chi connectivity index (χ3v) is 3.01. The van der Waals surface area contributed by atoms with Gasteiger partial charge in [0.1, 0.15) is 0 Å². The van der Waals surface area contributed by atoms with Gasteiger partial charge in [-0.2, -0.15) is 0 Å². The van der Waals surface area contributed by atoms with E-state index in [2.05, 4.69) is 36.1 Å². The number of aromatic nitrogens is 2. The summed E-state index contributed by atoms with van der Waals surface area (Å²) in [5.74, 6) is 0.647. The SMILES string of the molecule is CCCC(C)(C)Nc1nc2ccc([N+](=O)[O-])cc2[nH]1. The Kier molecular flexibility index (Phi) is 3.42. The van der Waals surface area contributed by atoms with Gasteiger partial charge in [-0.1, -0.05) is 13.3 Å². The van der Waals surface area contributed by atoms with Crippen molar-refractivity contribution in [1.29, 1.82) is 0 Å². The van der Waals surface area contributed by atoms with E-state index in [1.54, 1.807) is 6.07 Å². The summed E-state index contributed by atoms with van der Waals surface area (Å²) in [5, 5.41) is 14.0. The number of hydrogen-bond donors (Lipinski definition) is 2. The van der Waals surface area contributed by atoms with E-state index in [0.29, 0.717) is 11.5 Å². The molecule has 1 aromatic carbocycles. The monoisotopic (exact) mass is 262 g/mol. The molecule has 6 nitrogen and oxygen atoms in total. The fraction of sp³-hybridized carbons (Fsp3) is 0.462. The summed E-state index contributed by atoms with van der Waals surface area (Å²) in [5.41, 5.74) is 1.40. The van der Waals surface area contributed by atoms with Crippen LogP contribution in [0, 0.1) is 10.1 Å². The number of aromatic amines is 1. The van der Waals surface area contributed by atoms with E-state index in [1.807, 2.05) is 0 Å². The van der Waals surface area contributed by atoms with Gasteiger partial charge in [0, 0.05) is 17.7 Å². The van der Waals surface area contributed by atoms with Crippen LogP contribution in [0.5, 0.6) is 0 Å². The second-order valence-corrected chi connectivity index (χ2v) is 5.30. The lowest BCUT2D eigenvalue weighted by Gasteiger charge is -2.25. The zero-order valence-corrected chi connectivity index (χ0v) is 11.4. The number of fused-ring (bicyclic) bond motifs is 1. The molecule has 0 aliphatic heterocycles. The number of nitro benzene ring substituents is 1. The van der Waals surface area contributed by atoms with Crippen LogP contribution in [0.2, 0.25) is 0 Å². The lowest BCUT2D eigenvalue weighted by Crippen LogP contribution is -2.30. The van der Waals surface area contributed by atoms with Crippen molar-refractivity contribution in [1.82, 2.24) is 9.97 Å². The van der Waals surface area contributed by atoms with Crippen LogP contribution in [0.3, 0.4) is 0 Å². The highest BCUT2D eigenvalue weighted by atomic mass is 16.6. The molecule has 0 aliphatic carbocycles. The molecule has 2 rings (SSSR count). The largest absolute Gasteiger partial charge is 0.351 e. The summed E-state index contributed by atoms with van der Waals surface area (Å²) in [6.07, 6.45) is 2.09.